The number of rotatable bonds is 2. The zero-order chi connectivity index (χ0) is 21.8. The lowest BCUT2D eigenvalue weighted by Gasteiger charge is -2.36. The molecule has 1 N–H and O–H groups in total. The molecule has 32 heavy (non-hydrogen) atoms. The van der Waals surface area contributed by atoms with Crippen molar-refractivity contribution in [1.29, 1.82) is 0 Å². The first-order valence-corrected chi connectivity index (χ1v) is 12.4. The molecule has 8 heteroatoms. The van der Waals surface area contributed by atoms with Crippen LogP contribution >= 0.6 is 11.6 Å². The molecule has 3 aliphatic heterocycles. The van der Waals surface area contributed by atoms with Crippen molar-refractivity contribution in [3.05, 3.63) is 29.3 Å². The van der Waals surface area contributed by atoms with Crippen LogP contribution in [0, 0.1) is 0 Å². The Bertz CT molecular complexity index is 851. The topological polar surface area (TPSA) is 75.3 Å². The van der Waals surface area contributed by atoms with Gasteiger partial charge in [0, 0.05) is 36.4 Å². The van der Waals surface area contributed by atoms with E-state index in [4.69, 9.17) is 35.3 Å². The van der Waals surface area contributed by atoms with Crippen LogP contribution in [0.5, 0.6) is 0 Å². The summed E-state index contributed by atoms with van der Waals surface area (Å²) in [7, 11) is 0. The summed E-state index contributed by atoms with van der Waals surface area (Å²) in [6.07, 6.45) is 7.13. The van der Waals surface area contributed by atoms with Crippen molar-refractivity contribution < 1.29 is 28.5 Å². The molecule has 0 unspecified atom stereocenters. The summed E-state index contributed by atoms with van der Waals surface area (Å²) in [4.78, 5) is 13.3. The average Bonchev–Trinajstić information content (AvgIpc) is 3.33. The summed E-state index contributed by atoms with van der Waals surface area (Å²) in [5.74, 6) is -1.56. The Balaban J connectivity index is 1.27. The van der Waals surface area contributed by atoms with Crippen molar-refractivity contribution in [3.8, 4) is 0 Å². The number of ether oxygens (including phenoxy) is 5. The van der Waals surface area contributed by atoms with Crippen molar-refractivity contribution in [1.82, 2.24) is 0 Å². The molecule has 2 saturated carbocycles. The highest BCUT2D eigenvalue weighted by Crippen LogP contribution is 2.51. The minimum atomic E-state index is -0.847. The predicted octanol–water partition coefficient (Wildman–Crippen LogP) is 4.52. The van der Waals surface area contributed by atoms with E-state index in [-0.39, 0.29) is 12.0 Å². The number of carbonyl (C=O) groups is 1. The number of hydrogen-bond acceptors (Lipinski definition) is 6. The second kappa shape index (κ2) is 8.22. The van der Waals surface area contributed by atoms with Crippen molar-refractivity contribution in [2.24, 2.45) is 0 Å². The van der Waals surface area contributed by atoms with Crippen LogP contribution in [0.2, 0.25) is 5.02 Å². The standard InChI is InChI=1S/C24H30ClNO6/c25-15-7-9-16(10-8-15)26-21(27)19-17-18(30-23(29-17)11-3-1-4-12-23)20-22(28-19)32-24(31-20)13-5-2-6-14-24/h7-10,17-20,22H,1-6,11-14H2,(H,26,27)/t17-,18+,19-,20-,22-/m1/s1. The molecule has 2 spiro atoms. The van der Waals surface area contributed by atoms with Crippen LogP contribution in [0.1, 0.15) is 64.2 Å². The van der Waals surface area contributed by atoms with E-state index in [0.717, 1.165) is 51.4 Å². The van der Waals surface area contributed by atoms with Gasteiger partial charge in [-0.2, -0.15) is 0 Å². The molecule has 1 aromatic carbocycles. The van der Waals surface area contributed by atoms with Gasteiger partial charge >= 0.3 is 0 Å². The maximum absolute atomic E-state index is 13.3. The van der Waals surface area contributed by atoms with Crippen LogP contribution in [0.4, 0.5) is 5.69 Å². The average molecular weight is 464 g/mol. The van der Waals surface area contributed by atoms with Gasteiger partial charge in [0.1, 0.15) is 18.3 Å². The molecular weight excluding hydrogens is 434 g/mol. The van der Waals surface area contributed by atoms with Gasteiger partial charge in [-0.1, -0.05) is 24.4 Å². The van der Waals surface area contributed by atoms with Gasteiger partial charge in [0.05, 0.1) is 0 Å². The van der Waals surface area contributed by atoms with Gasteiger partial charge in [0.25, 0.3) is 5.91 Å². The molecule has 0 bridgehead atoms. The summed E-state index contributed by atoms with van der Waals surface area (Å²) in [5.41, 5.74) is 0.653. The van der Waals surface area contributed by atoms with E-state index >= 15 is 0 Å². The van der Waals surface area contributed by atoms with E-state index in [9.17, 15) is 4.79 Å². The van der Waals surface area contributed by atoms with Crippen molar-refractivity contribution in [2.45, 2.75) is 106 Å². The lowest BCUT2D eigenvalue weighted by molar-refractivity contribution is -0.246. The monoisotopic (exact) mass is 463 g/mol. The Hall–Kier alpha value is -1.22. The molecule has 3 saturated heterocycles. The van der Waals surface area contributed by atoms with Crippen molar-refractivity contribution >= 4 is 23.2 Å². The molecule has 0 aromatic heterocycles. The first-order valence-electron chi connectivity index (χ1n) is 12.0. The molecule has 5 atom stereocenters. The van der Waals surface area contributed by atoms with Gasteiger partial charge in [-0.3, -0.25) is 4.79 Å². The Morgan fingerprint density at radius 1 is 0.781 bits per heavy atom. The van der Waals surface area contributed by atoms with E-state index in [2.05, 4.69) is 5.32 Å². The quantitative estimate of drug-likeness (QED) is 0.694. The van der Waals surface area contributed by atoms with Crippen LogP contribution in [-0.2, 0) is 28.5 Å². The number of benzene rings is 1. The van der Waals surface area contributed by atoms with Gasteiger partial charge in [-0.15, -0.1) is 0 Å². The zero-order valence-corrected chi connectivity index (χ0v) is 18.9. The van der Waals surface area contributed by atoms with Gasteiger partial charge in [0.15, 0.2) is 24.0 Å². The van der Waals surface area contributed by atoms with Gasteiger partial charge in [0.2, 0.25) is 0 Å². The molecule has 1 aromatic rings. The molecule has 0 radical (unpaired) electrons. The van der Waals surface area contributed by atoms with Gasteiger partial charge in [-0.05, 0) is 49.9 Å². The highest BCUT2D eigenvalue weighted by molar-refractivity contribution is 6.30. The van der Waals surface area contributed by atoms with Crippen LogP contribution in [0.25, 0.3) is 0 Å². The molecule has 3 heterocycles. The second-order valence-electron chi connectivity index (χ2n) is 9.73. The Morgan fingerprint density at radius 2 is 1.34 bits per heavy atom. The van der Waals surface area contributed by atoms with Gasteiger partial charge < -0.3 is 29.0 Å². The molecule has 7 nitrogen and oxygen atoms in total. The number of amides is 1. The van der Waals surface area contributed by atoms with E-state index in [1.807, 2.05) is 0 Å². The Labute approximate surface area is 193 Å². The first kappa shape index (κ1) is 21.3. The third-order valence-electron chi connectivity index (χ3n) is 7.48. The summed E-state index contributed by atoms with van der Waals surface area (Å²) >= 11 is 5.98. The van der Waals surface area contributed by atoms with Crippen molar-refractivity contribution in [3.63, 3.8) is 0 Å². The van der Waals surface area contributed by atoms with Crippen LogP contribution in [0.15, 0.2) is 24.3 Å². The van der Waals surface area contributed by atoms with Crippen molar-refractivity contribution in [2.75, 3.05) is 5.32 Å². The number of nitrogens with one attached hydrogen (secondary N) is 1. The number of halogens is 1. The number of anilines is 1. The SMILES string of the molecule is O=C(Nc1ccc(Cl)cc1)[C@@H]1O[C@@H]2OC3(CCCCC3)O[C@@H]2[C@H]2OC3(CCCCC3)O[C@H]21. The largest absolute Gasteiger partial charge is 0.341 e. The third kappa shape index (κ3) is 3.77. The normalized spacial score (nSPS) is 37.2. The second-order valence-corrected chi connectivity index (χ2v) is 10.2. The third-order valence-corrected chi connectivity index (χ3v) is 7.73. The minimum Gasteiger partial charge on any atom is -0.341 e. The summed E-state index contributed by atoms with van der Waals surface area (Å²) in [5, 5.41) is 3.55. The Kier molecular flexibility index (Phi) is 5.48. The molecule has 174 valence electrons. The maximum Gasteiger partial charge on any atom is 0.256 e. The smallest absolute Gasteiger partial charge is 0.256 e. The lowest BCUT2D eigenvalue weighted by Crippen LogP contribution is -2.58. The van der Waals surface area contributed by atoms with E-state index in [0.29, 0.717) is 10.7 Å². The fraction of sp³-hybridized carbons (Fsp3) is 0.708. The summed E-state index contributed by atoms with van der Waals surface area (Å²) < 4.78 is 32.2. The predicted molar refractivity (Wildman–Crippen MR) is 116 cm³/mol. The molecule has 5 aliphatic rings. The number of fused-ring (bicyclic) bond motifs is 3. The summed E-state index contributed by atoms with van der Waals surface area (Å²) in [6.45, 7) is 0. The fourth-order valence-electron chi connectivity index (χ4n) is 5.92. The zero-order valence-electron chi connectivity index (χ0n) is 18.1. The summed E-state index contributed by atoms with van der Waals surface area (Å²) in [6, 6.07) is 7.02. The lowest BCUT2D eigenvalue weighted by atomic mass is 9.94. The van der Waals surface area contributed by atoms with E-state index in [1.165, 1.54) is 12.8 Å². The van der Waals surface area contributed by atoms with Crippen LogP contribution in [-0.4, -0.2) is 48.2 Å². The Morgan fingerprint density at radius 3 is 2.00 bits per heavy atom. The van der Waals surface area contributed by atoms with Crippen LogP contribution in [0.3, 0.4) is 0 Å². The molecular formula is C24H30ClNO6. The molecule has 1 amide bonds. The number of hydrogen-bond donors (Lipinski definition) is 1. The van der Waals surface area contributed by atoms with Gasteiger partial charge in [-0.25, -0.2) is 0 Å². The first-order chi connectivity index (χ1) is 15.5. The van der Waals surface area contributed by atoms with Crippen LogP contribution < -0.4 is 5.32 Å². The molecule has 5 fully saturated rings. The van der Waals surface area contributed by atoms with E-state index < -0.39 is 36.2 Å². The highest BCUT2D eigenvalue weighted by Gasteiger charge is 2.65. The van der Waals surface area contributed by atoms with E-state index in [1.54, 1.807) is 24.3 Å². The number of carbonyl (C=O) groups excluding carboxylic acids is 1. The highest BCUT2D eigenvalue weighted by atomic mass is 35.5. The fourth-order valence-corrected chi connectivity index (χ4v) is 6.04. The molecule has 2 aliphatic carbocycles. The maximum atomic E-state index is 13.3. The minimum absolute atomic E-state index is 0.273. The molecule has 6 rings (SSSR count).